The summed E-state index contributed by atoms with van der Waals surface area (Å²) in [6.07, 6.45) is 5.52. The van der Waals surface area contributed by atoms with E-state index in [-0.39, 0.29) is 19.3 Å². The maximum atomic E-state index is 13.5. The molecule has 2 aliphatic heterocycles. The van der Waals surface area contributed by atoms with Crippen LogP contribution in [0.3, 0.4) is 0 Å². The Labute approximate surface area is 174 Å². The number of hydrogen-bond donors (Lipinski definition) is 0. The molecule has 3 heterocycles. The number of para-hydroxylation sites is 1. The summed E-state index contributed by atoms with van der Waals surface area (Å²) in [5.41, 5.74) is 2.48. The van der Waals surface area contributed by atoms with E-state index in [9.17, 15) is 4.79 Å². The number of rotatable bonds is 5. The summed E-state index contributed by atoms with van der Waals surface area (Å²) in [5, 5.41) is 0. The van der Waals surface area contributed by atoms with Gasteiger partial charge in [-0.2, -0.15) is 0 Å². The van der Waals surface area contributed by atoms with E-state index >= 15 is 0 Å². The van der Waals surface area contributed by atoms with E-state index < -0.39 is 0 Å². The molecule has 0 bridgehead atoms. The zero-order chi connectivity index (χ0) is 20.5. The summed E-state index contributed by atoms with van der Waals surface area (Å²) in [4.78, 5) is 19.6. The van der Waals surface area contributed by atoms with E-state index in [1.165, 1.54) is 0 Å². The third-order valence-electron chi connectivity index (χ3n) is 5.26. The molecule has 2 aliphatic rings. The largest absolute Gasteiger partial charge is 0.488 e. The summed E-state index contributed by atoms with van der Waals surface area (Å²) in [6.45, 7) is 1.27. The van der Waals surface area contributed by atoms with Crippen molar-refractivity contribution in [3.8, 4) is 17.2 Å². The number of imidazole rings is 1. The van der Waals surface area contributed by atoms with Gasteiger partial charge in [-0.15, -0.1) is 0 Å². The number of carbonyl (C=O) groups is 1. The van der Waals surface area contributed by atoms with Crippen LogP contribution < -0.4 is 14.2 Å². The van der Waals surface area contributed by atoms with Crippen molar-refractivity contribution < 1.29 is 19.0 Å². The molecule has 0 unspecified atom stereocenters. The van der Waals surface area contributed by atoms with Crippen molar-refractivity contribution in [1.29, 1.82) is 0 Å². The van der Waals surface area contributed by atoms with E-state index in [4.69, 9.17) is 14.2 Å². The van der Waals surface area contributed by atoms with Crippen LogP contribution in [0.15, 0.2) is 60.4 Å². The van der Waals surface area contributed by atoms with Gasteiger partial charge < -0.3 is 23.7 Å². The molecule has 0 fully saturated rings. The Hall–Kier alpha value is -3.74. The average molecular weight is 403 g/mol. The fourth-order valence-electron chi connectivity index (χ4n) is 3.62. The summed E-state index contributed by atoms with van der Waals surface area (Å²) in [7, 11) is 1.92. The Bertz CT molecular complexity index is 1130. The second-order valence-corrected chi connectivity index (χ2v) is 7.30. The molecule has 0 atom stereocenters. The fourth-order valence-corrected chi connectivity index (χ4v) is 3.62. The third-order valence-corrected chi connectivity index (χ3v) is 5.26. The van der Waals surface area contributed by atoms with Gasteiger partial charge in [0.2, 0.25) is 6.79 Å². The molecule has 0 N–H and O–H groups in total. The van der Waals surface area contributed by atoms with Crippen LogP contribution in [0, 0.1) is 0 Å². The van der Waals surface area contributed by atoms with Crippen molar-refractivity contribution >= 4 is 12.0 Å². The van der Waals surface area contributed by atoms with Crippen LogP contribution in [-0.4, -0.2) is 33.8 Å². The smallest absolute Gasteiger partial charge is 0.253 e. The molecule has 0 saturated carbocycles. The van der Waals surface area contributed by atoms with Crippen molar-refractivity contribution in [3.63, 3.8) is 0 Å². The lowest BCUT2D eigenvalue weighted by atomic mass is 10.1. The summed E-state index contributed by atoms with van der Waals surface area (Å²) in [6, 6.07) is 13.5. The highest BCUT2D eigenvalue weighted by Gasteiger charge is 2.24. The van der Waals surface area contributed by atoms with Crippen LogP contribution >= 0.6 is 0 Å². The molecule has 1 amide bonds. The standard InChI is InChI=1S/C23H21N3O4/c1-25-9-8-24-22(25)13-26(12-16-6-7-20-21(10-16)30-15-29-20)23(27)18-11-17-4-2-3-5-19(17)28-14-18/h2-11H,12-15H2,1H3. The SMILES string of the molecule is Cn1ccnc1CN(Cc1ccc2c(c1)OCO2)C(=O)C1=Cc2ccccc2OC1. The van der Waals surface area contributed by atoms with Gasteiger partial charge in [0.1, 0.15) is 18.2 Å². The number of aryl methyl sites for hydroxylation is 1. The van der Waals surface area contributed by atoms with Crippen LogP contribution in [0.1, 0.15) is 17.0 Å². The van der Waals surface area contributed by atoms with Crippen molar-refractivity contribution in [3.05, 3.63) is 77.4 Å². The Kier molecular flexibility index (Phi) is 4.63. The molecule has 0 spiro atoms. The van der Waals surface area contributed by atoms with Crippen molar-refractivity contribution in [2.75, 3.05) is 13.4 Å². The number of aromatic nitrogens is 2. The molecule has 7 nitrogen and oxygen atoms in total. The molecule has 0 saturated heterocycles. The van der Waals surface area contributed by atoms with E-state index in [0.29, 0.717) is 24.4 Å². The fraction of sp³-hybridized carbons (Fsp3) is 0.217. The second-order valence-electron chi connectivity index (χ2n) is 7.30. The highest BCUT2D eigenvalue weighted by molar-refractivity contribution is 5.99. The lowest BCUT2D eigenvalue weighted by Gasteiger charge is -2.26. The normalized spacial score (nSPS) is 14.0. The van der Waals surface area contributed by atoms with Gasteiger partial charge in [-0.25, -0.2) is 4.98 Å². The minimum atomic E-state index is -0.0785. The number of ether oxygens (including phenoxy) is 3. The highest BCUT2D eigenvalue weighted by Crippen LogP contribution is 2.33. The minimum absolute atomic E-state index is 0.0785. The van der Waals surface area contributed by atoms with E-state index in [0.717, 1.165) is 28.5 Å². The zero-order valence-corrected chi connectivity index (χ0v) is 16.6. The number of carbonyl (C=O) groups excluding carboxylic acids is 1. The van der Waals surface area contributed by atoms with Gasteiger partial charge in [0, 0.05) is 31.5 Å². The molecule has 152 valence electrons. The quantitative estimate of drug-likeness (QED) is 0.655. The maximum Gasteiger partial charge on any atom is 0.253 e. The first-order valence-electron chi connectivity index (χ1n) is 9.74. The number of nitrogens with zero attached hydrogens (tertiary/aromatic N) is 3. The molecule has 3 aromatic rings. The molecule has 5 rings (SSSR count). The van der Waals surface area contributed by atoms with Crippen molar-refractivity contribution in [2.24, 2.45) is 7.05 Å². The third kappa shape index (κ3) is 3.50. The monoisotopic (exact) mass is 403 g/mol. The van der Waals surface area contributed by atoms with Gasteiger partial charge in [-0.05, 0) is 29.8 Å². The van der Waals surface area contributed by atoms with Gasteiger partial charge in [0.25, 0.3) is 5.91 Å². The molecule has 0 aliphatic carbocycles. The Morgan fingerprint density at radius 2 is 1.93 bits per heavy atom. The van der Waals surface area contributed by atoms with E-state index in [1.807, 2.05) is 66.4 Å². The first-order valence-corrected chi connectivity index (χ1v) is 9.74. The highest BCUT2D eigenvalue weighted by atomic mass is 16.7. The first kappa shape index (κ1) is 18.3. The molecule has 30 heavy (non-hydrogen) atoms. The van der Waals surface area contributed by atoms with Crippen LogP contribution in [0.25, 0.3) is 6.08 Å². The summed E-state index contributed by atoms with van der Waals surface area (Å²) >= 11 is 0. The van der Waals surface area contributed by atoms with Gasteiger partial charge in [-0.1, -0.05) is 24.3 Å². The minimum Gasteiger partial charge on any atom is -0.488 e. The summed E-state index contributed by atoms with van der Waals surface area (Å²) in [5.74, 6) is 2.94. The molecule has 1 aromatic heterocycles. The predicted molar refractivity (Wildman–Crippen MR) is 110 cm³/mol. The molecular weight excluding hydrogens is 382 g/mol. The Balaban J connectivity index is 1.44. The molecule has 2 aromatic carbocycles. The average Bonchev–Trinajstić information content (AvgIpc) is 3.41. The van der Waals surface area contributed by atoms with Crippen LogP contribution in [0.5, 0.6) is 17.2 Å². The van der Waals surface area contributed by atoms with Crippen LogP contribution in [0.4, 0.5) is 0 Å². The van der Waals surface area contributed by atoms with Crippen molar-refractivity contribution in [2.45, 2.75) is 13.1 Å². The van der Waals surface area contributed by atoms with E-state index in [1.54, 1.807) is 11.1 Å². The van der Waals surface area contributed by atoms with Crippen LogP contribution in [-0.2, 0) is 24.9 Å². The first-order chi connectivity index (χ1) is 14.7. The Morgan fingerprint density at radius 1 is 1.07 bits per heavy atom. The number of hydrogen-bond acceptors (Lipinski definition) is 5. The zero-order valence-electron chi connectivity index (χ0n) is 16.6. The van der Waals surface area contributed by atoms with Gasteiger partial charge in [0.15, 0.2) is 11.5 Å². The summed E-state index contributed by atoms with van der Waals surface area (Å²) < 4.78 is 18.6. The van der Waals surface area contributed by atoms with Crippen LogP contribution in [0.2, 0.25) is 0 Å². The lowest BCUT2D eigenvalue weighted by Crippen LogP contribution is -2.34. The predicted octanol–water partition coefficient (Wildman–Crippen LogP) is 3.15. The number of benzene rings is 2. The second kappa shape index (κ2) is 7.59. The van der Waals surface area contributed by atoms with Gasteiger partial charge in [-0.3, -0.25) is 4.79 Å². The topological polar surface area (TPSA) is 65.8 Å². The number of fused-ring (bicyclic) bond motifs is 2. The Morgan fingerprint density at radius 3 is 2.80 bits per heavy atom. The molecular formula is C23H21N3O4. The lowest BCUT2D eigenvalue weighted by molar-refractivity contribution is -0.128. The maximum absolute atomic E-state index is 13.5. The molecule has 0 radical (unpaired) electrons. The molecule has 7 heteroatoms. The van der Waals surface area contributed by atoms with E-state index in [2.05, 4.69) is 4.98 Å². The number of amides is 1. The van der Waals surface area contributed by atoms with Gasteiger partial charge >= 0.3 is 0 Å². The van der Waals surface area contributed by atoms with Crippen molar-refractivity contribution in [1.82, 2.24) is 14.5 Å². The van der Waals surface area contributed by atoms with Gasteiger partial charge in [0.05, 0.1) is 12.1 Å².